The number of aromatic nitrogens is 3. The molecule has 0 aliphatic rings. The Morgan fingerprint density at radius 2 is 1.81 bits per heavy atom. The monoisotopic (exact) mass is 392 g/mol. The first-order chi connectivity index (χ1) is 12.3. The smallest absolute Gasteiger partial charge is 0.295 e. The number of nitrogens with zero attached hydrogens (tertiary/aromatic N) is 3. The van der Waals surface area contributed by atoms with E-state index in [9.17, 15) is 17.6 Å². The minimum Gasteiger partial charge on any atom is -0.295 e. The van der Waals surface area contributed by atoms with Gasteiger partial charge in [0.25, 0.3) is 10.0 Å². The zero-order valence-corrected chi connectivity index (χ0v) is 15.4. The molecule has 0 atom stereocenters. The third-order valence-corrected chi connectivity index (χ3v) is 6.53. The normalized spacial score (nSPS) is 12.1. The number of hydrogen-bond donors (Lipinski definition) is 1. The van der Waals surface area contributed by atoms with Crippen molar-refractivity contribution in [2.24, 2.45) is 14.1 Å². The fourth-order valence-electron chi connectivity index (χ4n) is 2.77. The lowest BCUT2D eigenvalue weighted by Gasteiger charge is -2.05. The molecule has 0 spiro atoms. The van der Waals surface area contributed by atoms with Gasteiger partial charge in [-0.05, 0) is 36.4 Å². The minimum atomic E-state index is -3.90. The van der Waals surface area contributed by atoms with Gasteiger partial charge >= 0.3 is 5.69 Å². The van der Waals surface area contributed by atoms with E-state index >= 15 is 0 Å². The summed E-state index contributed by atoms with van der Waals surface area (Å²) < 4.78 is 44.4. The second kappa shape index (κ2) is 5.64. The van der Waals surface area contributed by atoms with Crippen molar-refractivity contribution in [1.82, 2.24) is 14.1 Å². The predicted molar refractivity (Wildman–Crippen MR) is 98.5 cm³/mol. The van der Waals surface area contributed by atoms with Crippen molar-refractivity contribution in [3.8, 4) is 0 Å². The second-order valence-electron chi connectivity index (χ2n) is 5.79. The number of hydrogen-bond acceptors (Lipinski definition) is 5. The minimum absolute atomic E-state index is 0.0108. The van der Waals surface area contributed by atoms with Crippen LogP contribution in [0.4, 0.5) is 9.52 Å². The van der Waals surface area contributed by atoms with Crippen LogP contribution in [0.1, 0.15) is 0 Å². The Labute approximate surface area is 151 Å². The SMILES string of the molecule is Cn1c(=O)n(C)c2cc(S(=O)(=O)Nc3nc4ccc(F)cc4s3)ccc21. The van der Waals surface area contributed by atoms with Gasteiger partial charge in [0, 0.05) is 14.1 Å². The molecule has 7 nitrogen and oxygen atoms in total. The molecule has 10 heteroatoms. The highest BCUT2D eigenvalue weighted by Gasteiger charge is 2.19. The Bertz CT molecular complexity index is 1340. The molecule has 0 radical (unpaired) electrons. The first-order valence-electron chi connectivity index (χ1n) is 7.51. The summed E-state index contributed by atoms with van der Waals surface area (Å²) in [5, 5.41) is 0.146. The number of sulfonamides is 1. The van der Waals surface area contributed by atoms with E-state index < -0.39 is 15.8 Å². The number of thiazole rings is 1. The molecule has 2 aromatic carbocycles. The summed E-state index contributed by atoms with van der Waals surface area (Å²) in [6, 6.07) is 8.51. The highest BCUT2D eigenvalue weighted by molar-refractivity contribution is 7.93. The van der Waals surface area contributed by atoms with Crippen molar-refractivity contribution < 1.29 is 12.8 Å². The van der Waals surface area contributed by atoms with Crippen LogP contribution in [0.5, 0.6) is 0 Å². The lowest BCUT2D eigenvalue weighted by molar-refractivity contribution is 0.601. The summed E-state index contributed by atoms with van der Waals surface area (Å²) in [7, 11) is -0.701. The van der Waals surface area contributed by atoms with Gasteiger partial charge < -0.3 is 0 Å². The molecular weight excluding hydrogens is 379 g/mol. The third-order valence-electron chi connectivity index (χ3n) is 4.13. The van der Waals surface area contributed by atoms with Crippen LogP contribution < -0.4 is 10.4 Å². The van der Waals surface area contributed by atoms with E-state index in [0.29, 0.717) is 21.3 Å². The average Bonchev–Trinajstić information content (AvgIpc) is 3.08. The van der Waals surface area contributed by atoms with Crippen LogP contribution in [0.3, 0.4) is 0 Å². The number of aryl methyl sites for hydroxylation is 2. The maximum atomic E-state index is 13.3. The van der Waals surface area contributed by atoms with Gasteiger partial charge in [-0.2, -0.15) is 0 Å². The Morgan fingerprint density at radius 3 is 2.58 bits per heavy atom. The Kier molecular flexibility index (Phi) is 3.63. The zero-order valence-electron chi connectivity index (χ0n) is 13.7. The van der Waals surface area contributed by atoms with Gasteiger partial charge in [-0.3, -0.25) is 13.9 Å². The number of imidazole rings is 1. The molecule has 0 fully saturated rings. The molecule has 0 saturated carbocycles. The Balaban J connectivity index is 1.77. The van der Waals surface area contributed by atoms with Crippen LogP contribution in [0.2, 0.25) is 0 Å². The number of fused-ring (bicyclic) bond motifs is 2. The fraction of sp³-hybridized carbons (Fsp3) is 0.125. The predicted octanol–water partition coefficient (Wildman–Crippen LogP) is 2.43. The molecule has 0 bridgehead atoms. The van der Waals surface area contributed by atoms with Gasteiger partial charge in [-0.25, -0.2) is 22.6 Å². The quantitative estimate of drug-likeness (QED) is 0.580. The van der Waals surface area contributed by atoms with E-state index in [-0.39, 0.29) is 15.7 Å². The lowest BCUT2D eigenvalue weighted by atomic mass is 10.3. The van der Waals surface area contributed by atoms with E-state index in [1.165, 1.54) is 39.5 Å². The van der Waals surface area contributed by atoms with E-state index in [1.54, 1.807) is 20.2 Å². The molecule has 0 unspecified atom stereocenters. The fourth-order valence-corrected chi connectivity index (χ4v) is 4.91. The van der Waals surface area contributed by atoms with Crippen molar-refractivity contribution in [3.05, 3.63) is 52.7 Å². The third kappa shape index (κ3) is 2.58. The first-order valence-corrected chi connectivity index (χ1v) is 9.80. The van der Waals surface area contributed by atoms with Crippen LogP contribution in [-0.4, -0.2) is 22.5 Å². The van der Waals surface area contributed by atoms with Gasteiger partial charge in [0.15, 0.2) is 5.13 Å². The molecule has 0 aliphatic heterocycles. The summed E-state index contributed by atoms with van der Waals surface area (Å²) >= 11 is 1.05. The summed E-state index contributed by atoms with van der Waals surface area (Å²) in [4.78, 5) is 16.2. The van der Waals surface area contributed by atoms with Gasteiger partial charge in [0.2, 0.25) is 0 Å². The van der Waals surface area contributed by atoms with E-state index in [4.69, 9.17) is 0 Å². The van der Waals surface area contributed by atoms with Crippen molar-refractivity contribution >= 4 is 47.7 Å². The highest BCUT2D eigenvalue weighted by Crippen LogP contribution is 2.28. The topological polar surface area (TPSA) is 86.0 Å². The molecule has 1 N–H and O–H groups in total. The van der Waals surface area contributed by atoms with E-state index in [1.807, 2.05) is 0 Å². The van der Waals surface area contributed by atoms with Gasteiger partial charge in [-0.15, -0.1) is 0 Å². The van der Waals surface area contributed by atoms with Crippen LogP contribution in [0.25, 0.3) is 21.3 Å². The summed E-state index contributed by atoms with van der Waals surface area (Å²) in [6.07, 6.45) is 0. The molecular formula is C16H13FN4O3S2. The standard InChI is InChI=1S/C16H13FN4O3S2/c1-20-12-6-4-10(8-13(12)21(2)16(20)22)26(23,24)19-15-18-11-5-3-9(17)7-14(11)25-15/h3-8H,1-2H3,(H,18,19). The van der Waals surface area contributed by atoms with Crippen molar-refractivity contribution in [2.45, 2.75) is 4.90 Å². The largest absolute Gasteiger partial charge is 0.328 e. The van der Waals surface area contributed by atoms with Gasteiger partial charge in [0.05, 0.1) is 26.1 Å². The van der Waals surface area contributed by atoms with Gasteiger partial charge in [0.1, 0.15) is 5.82 Å². The maximum absolute atomic E-state index is 13.3. The zero-order chi connectivity index (χ0) is 18.6. The van der Waals surface area contributed by atoms with Crippen molar-refractivity contribution in [1.29, 1.82) is 0 Å². The number of nitrogens with one attached hydrogen (secondary N) is 1. The molecule has 134 valence electrons. The second-order valence-corrected chi connectivity index (χ2v) is 8.50. The number of anilines is 1. The summed E-state index contributed by atoms with van der Waals surface area (Å²) in [5.74, 6) is -0.411. The first kappa shape index (κ1) is 16.7. The molecule has 4 aromatic rings. The molecule has 0 aliphatic carbocycles. The van der Waals surface area contributed by atoms with Crippen LogP contribution in [-0.2, 0) is 24.1 Å². The molecule has 26 heavy (non-hydrogen) atoms. The molecule has 2 heterocycles. The number of halogens is 1. The number of benzene rings is 2. The van der Waals surface area contributed by atoms with E-state index in [0.717, 1.165) is 11.3 Å². The molecule has 4 rings (SSSR count). The molecule has 2 aromatic heterocycles. The van der Waals surface area contributed by atoms with Crippen molar-refractivity contribution in [3.63, 3.8) is 0 Å². The molecule has 0 saturated heterocycles. The Hall–Kier alpha value is -2.72. The van der Waals surface area contributed by atoms with E-state index in [2.05, 4.69) is 9.71 Å². The van der Waals surface area contributed by atoms with Gasteiger partial charge in [-0.1, -0.05) is 11.3 Å². The van der Waals surface area contributed by atoms with Crippen LogP contribution >= 0.6 is 11.3 Å². The van der Waals surface area contributed by atoms with Crippen LogP contribution in [0.15, 0.2) is 46.1 Å². The summed E-state index contributed by atoms with van der Waals surface area (Å²) in [5.41, 5.74) is 1.41. The maximum Gasteiger partial charge on any atom is 0.328 e. The lowest BCUT2D eigenvalue weighted by Crippen LogP contribution is -2.19. The summed E-state index contributed by atoms with van der Waals surface area (Å²) in [6.45, 7) is 0. The average molecular weight is 392 g/mol. The highest BCUT2D eigenvalue weighted by atomic mass is 32.2. The van der Waals surface area contributed by atoms with Crippen LogP contribution in [0, 0.1) is 5.82 Å². The Morgan fingerprint density at radius 1 is 1.08 bits per heavy atom. The number of rotatable bonds is 3. The van der Waals surface area contributed by atoms with Crippen molar-refractivity contribution in [2.75, 3.05) is 4.72 Å². The molecule has 0 amide bonds.